The van der Waals surface area contributed by atoms with Crippen molar-refractivity contribution < 1.29 is 23.9 Å². The molecule has 0 bridgehead atoms. The predicted molar refractivity (Wildman–Crippen MR) is 142 cm³/mol. The summed E-state index contributed by atoms with van der Waals surface area (Å²) in [6.45, 7) is 5.44. The topological polar surface area (TPSA) is 105 Å². The number of urea groups is 1. The molecular formula is C28H24ClN3O5. The fraction of sp³-hybridized carbons (Fsp3) is 0.143. The van der Waals surface area contributed by atoms with Gasteiger partial charge in [0.1, 0.15) is 11.3 Å². The molecule has 0 radical (unpaired) electrons. The molecule has 3 aromatic rings. The number of halogens is 1. The number of barbiturate groups is 1. The van der Waals surface area contributed by atoms with Crippen LogP contribution in [0.1, 0.15) is 22.3 Å². The standard InChI is InChI=1S/C28H24ClN3O5/c1-16-8-10-21(11-18(16)3)30-25(33)15-37-22-6-4-5-19(12-22)13-23-26(34)31-28(36)32(27(23)35)24-14-20(29)9-7-17(24)2/h4-14H,15H2,1-3H3,(H,30,33)(H,31,34,36)/b23-13+. The van der Waals surface area contributed by atoms with Crippen LogP contribution >= 0.6 is 11.6 Å². The van der Waals surface area contributed by atoms with Crippen LogP contribution in [0, 0.1) is 20.8 Å². The summed E-state index contributed by atoms with van der Waals surface area (Å²) in [6.07, 6.45) is 1.36. The summed E-state index contributed by atoms with van der Waals surface area (Å²) < 4.78 is 5.61. The molecule has 1 heterocycles. The fourth-order valence-corrected chi connectivity index (χ4v) is 3.89. The second-order valence-electron chi connectivity index (χ2n) is 8.60. The summed E-state index contributed by atoms with van der Waals surface area (Å²) in [7, 11) is 0. The quantitative estimate of drug-likeness (QED) is 0.355. The van der Waals surface area contributed by atoms with Crippen LogP contribution in [0.2, 0.25) is 5.02 Å². The average Bonchev–Trinajstić information content (AvgIpc) is 2.85. The Morgan fingerprint density at radius 1 is 0.973 bits per heavy atom. The van der Waals surface area contributed by atoms with Gasteiger partial charge in [0, 0.05) is 10.7 Å². The number of nitrogens with one attached hydrogen (secondary N) is 2. The normalized spacial score (nSPS) is 14.5. The van der Waals surface area contributed by atoms with Crippen LogP contribution in [0.3, 0.4) is 0 Å². The van der Waals surface area contributed by atoms with Gasteiger partial charge in [-0.05, 0) is 85.5 Å². The number of carbonyl (C=O) groups is 4. The number of carbonyl (C=O) groups excluding carboxylic acids is 4. The molecule has 0 aliphatic carbocycles. The molecule has 1 fully saturated rings. The first-order valence-electron chi connectivity index (χ1n) is 11.4. The van der Waals surface area contributed by atoms with E-state index < -0.39 is 17.8 Å². The highest BCUT2D eigenvalue weighted by atomic mass is 35.5. The third kappa shape index (κ3) is 5.87. The molecule has 5 amide bonds. The number of ether oxygens (including phenoxy) is 1. The highest BCUT2D eigenvalue weighted by Crippen LogP contribution is 2.28. The smallest absolute Gasteiger partial charge is 0.335 e. The number of hydrogen-bond acceptors (Lipinski definition) is 5. The van der Waals surface area contributed by atoms with Crippen LogP contribution in [0.25, 0.3) is 6.08 Å². The van der Waals surface area contributed by atoms with E-state index in [2.05, 4.69) is 10.6 Å². The van der Waals surface area contributed by atoms with Crippen molar-refractivity contribution in [2.45, 2.75) is 20.8 Å². The Bertz CT molecular complexity index is 1460. The summed E-state index contributed by atoms with van der Waals surface area (Å²) in [5, 5.41) is 5.32. The van der Waals surface area contributed by atoms with Gasteiger partial charge in [0.25, 0.3) is 17.7 Å². The second kappa shape index (κ2) is 10.7. The average molecular weight is 518 g/mol. The number of rotatable bonds is 6. The first-order valence-corrected chi connectivity index (χ1v) is 11.8. The highest BCUT2D eigenvalue weighted by molar-refractivity contribution is 6.39. The lowest BCUT2D eigenvalue weighted by molar-refractivity contribution is -0.122. The molecule has 37 heavy (non-hydrogen) atoms. The van der Waals surface area contributed by atoms with Crippen molar-refractivity contribution in [3.63, 3.8) is 0 Å². The third-order valence-corrected chi connectivity index (χ3v) is 6.08. The van der Waals surface area contributed by atoms with Crippen molar-refractivity contribution in [1.82, 2.24) is 5.32 Å². The molecular weight excluding hydrogens is 494 g/mol. The zero-order chi connectivity index (χ0) is 26.7. The summed E-state index contributed by atoms with van der Waals surface area (Å²) >= 11 is 6.06. The van der Waals surface area contributed by atoms with Crippen LogP contribution < -0.4 is 20.3 Å². The molecule has 1 aliphatic rings. The van der Waals surface area contributed by atoms with Crippen molar-refractivity contribution in [3.8, 4) is 5.75 Å². The number of imide groups is 2. The van der Waals surface area contributed by atoms with E-state index in [9.17, 15) is 19.2 Å². The summed E-state index contributed by atoms with van der Waals surface area (Å²) in [5.41, 5.74) is 4.01. The van der Waals surface area contributed by atoms with Gasteiger partial charge in [-0.3, -0.25) is 19.7 Å². The Morgan fingerprint density at radius 3 is 2.49 bits per heavy atom. The van der Waals surface area contributed by atoms with Crippen LogP contribution in [-0.2, 0) is 14.4 Å². The van der Waals surface area contributed by atoms with E-state index in [1.807, 2.05) is 32.0 Å². The SMILES string of the molecule is Cc1ccc(NC(=O)COc2cccc(/C=C3\C(=O)NC(=O)N(c4cc(Cl)ccc4C)C3=O)c2)cc1C. The fourth-order valence-electron chi connectivity index (χ4n) is 3.73. The van der Waals surface area contributed by atoms with E-state index in [1.165, 1.54) is 12.1 Å². The molecule has 0 aromatic heterocycles. The van der Waals surface area contributed by atoms with Gasteiger partial charge in [0.15, 0.2) is 6.61 Å². The molecule has 8 nitrogen and oxygen atoms in total. The van der Waals surface area contributed by atoms with Crippen molar-refractivity contribution in [3.05, 3.63) is 93.5 Å². The zero-order valence-electron chi connectivity index (χ0n) is 20.4. The first kappa shape index (κ1) is 25.7. The third-order valence-electron chi connectivity index (χ3n) is 5.84. The highest BCUT2D eigenvalue weighted by Gasteiger charge is 2.37. The van der Waals surface area contributed by atoms with Gasteiger partial charge in [0.2, 0.25) is 0 Å². The minimum Gasteiger partial charge on any atom is -0.484 e. The molecule has 0 saturated carbocycles. The van der Waals surface area contributed by atoms with Gasteiger partial charge in [-0.25, -0.2) is 9.69 Å². The van der Waals surface area contributed by atoms with Crippen LogP contribution in [0.15, 0.2) is 66.2 Å². The lowest BCUT2D eigenvalue weighted by Crippen LogP contribution is -2.54. The monoisotopic (exact) mass is 517 g/mol. The lowest BCUT2D eigenvalue weighted by Gasteiger charge is -2.27. The minimum atomic E-state index is -0.857. The molecule has 0 unspecified atom stereocenters. The van der Waals surface area contributed by atoms with E-state index >= 15 is 0 Å². The summed E-state index contributed by atoms with van der Waals surface area (Å²) in [4.78, 5) is 51.4. The van der Waals surface area contributed by atoms with E-state index in [1.54, 1.807) is 43.3 Å². The van der Waals surface area contributed by atoms with Gasteiger partial charge in [-0.15, -0.1) is 0 Å². The van der Waals surface area contributed by atoms with E-state index in [-0.39, 0.29) is 23.8 Å². The maximum atomic E-state index is 13.2. The largest absolute Gasteiger partial charge is 0.484 e. The van der Waals surface area contributed by atoms with E-state index in [0.717, 1.165) is 16.0 Å². The van der Waals surface area contributed by atoms with Crippen LogP contribution in [0.4, 0.5) is 16.2 Å². The minimum absolute atomic E-state index is 0.233. The van der Waals surface area contributed by atoms with Crippen molar-refractivity contribution >= 4 is 52.8 Å². The van der Waals surface area contributed by atoms with Crippen molar-refractivity contribution in [1.29, 1.82) is 0 Å². The van der Waals surface area contributed by atoms with Gasteiger partial charge in [-0.2, -0.15) is 0 Å². The Hall–Kier alpha value is -4.43. The Labute approximate surface area is 218 Å². The maximum Gasteiger partial charge on any atom is 0.335 e. The number of nitrogens with zero attached hydrogens (tertiary/aromatic N) is 1. The van der Waals surface area contributed by atoms with Crippen molar-refractivity contribution in [2.75, 3.05) is 16.8 Å². The van der Waals surface area contributed by atoms with Gasteiger partial charge >= 0.3 is 6.03 Å². The van der Waals surface area contributed by atoms with E-state index in [0.29, 0.717) is 27.6 Å². The molecule has 0 atom stereocenters. The lowest BCUT2D eigenvalue weighted by atomic mass is 10.1. The Kier molecular flexibility index (Phi) is 7.40. The van der Waals surface area contributed by atoms with Gasteiger partial charge in [0.05, 0.1) is 5.69 Å². The predicted octanol–water partition coefficient (Wildman–Crippen LogP) is 4.95. The first-order chi connectivity index (χ1) is 17.6. The van der Waals surface area contributed by atoms with Crippen LogP contribution in [0.5, 0.6) is 5.75 Å². The maximum absolute atomic E-state index is 13.2. The molecule has 0 spiro atoms. The molecule has 1 aliphatic heterocycles. The van der Waals surface area contributed by atoms with Crippen molar-refractivity contribution in [2.24, 2.45) is 0 Å². The Balaban J connectivity index is 1.50. The molecule has 9 heteroatoms. The van der Waals surface area contributed by atoms with Gasteiger partial charge in [-0.1, -0.05) is 35.9 Å². The van der Waals surface area contributed by atoms with Crippen LogP contribution in [-0.4, -0.2) is 30.4 Å². The molecule has 4 rings (SSSR count). The van der Waals surface area contributed by atoms with Gasteiger partial charge < -0.3 is 10.1 Å². The zero-order valence-corrected chi connectivity index (χ0v) is 21.2. The molecule has 1 saturated heterocycles. The second-order valence-corrected chi connectivity index (χ2v) is 9.03. The number of hydrogen-bond donors (Lipinski definition) is 2. The number of aryl methyl sites for hydroxylation is 3. The number of benzene rings is 3. The molecule has 3 aromatic carbocycles. The summed E-state index contributed by atoms with van der Waals surface area (Å²) in [6, 6.07) is 16.1. The van der Waals surface area contributed by atoms with E-state index in [4.69, 9.17) is 16.3 Å². The Morgan fingerprint density at radius 2 is 1.73 bits per heavy atom. The summed E-state index contributed by atoms with van der Waals surface area (Å²) in [5.74, 6) is -1.56. The molecule has 188 valence electrons. The molecule has 2 N–H and O–H groups in total. The number of anilines is 2. The number of amides is 5.